The molecule has 146 valence electrons. The predicted octanol–water partition coefficient (Wildman–Crippen LogP) is 4.67. The molecule has 1 fully saturated rings. The molecule has 2 aromatic carbocycles. The largest absolute Gasteiger partial charge is 0.372 e. The fraction of sp³-hybridized carbons (Fsp3) is 0.391. The number of hydrogen-bond acceptors (Lipinski definition) is 5. The maximum absolute atomic E-state index is 5.47. The Morgan fingerprint density at radius 1 is 0.964 bits per heavy atom. The maximum Gasteiger partial charge on any atom is 0.241 e. The first-order valence-electron chi connectivity index (χ1n) is 10.1. The molecule has 3 aromatic rings. The van der Waals surface area contributed by atoms with Crippen molar-refractivity contribution in [1.82, 2.24) is 15.0 Å². The van der Waals surface area contributed by atoms with E-state index in [1.807, 2.05) is 18.2 Å². The zero-order valence-electron chi connectivity index (χ0n) is 16.8. The lowest BCUT2D eigenvalue weighted by atomic mass is 10.1. The lowest BCUT2D eigenvalue weighted by Crippen LogP contribution is -2.29. The van der Waals surface area contributed by atoms with Gasteiger partial charge in [-0.1, -0.05) is 41.6 Å². The summed E-state index contributed by atoms with van der Waals surface area (Å²) in [5.41, 5.74) is 4.80. The van der Waals surface area contributed by atoms with Gasteiger partial charge in [0.15, 0.2) is 0 Å². The molecule has 5 nitrogen and oxygen atoms in total. The summed E-state index contributed by atoms with van der Waals surface area (Å²) in [6, 6.07) is 17.1. The molecule has 0 saturated carbocycles. The van der Waals surface area contributed by atoms with E-state index in [1.165, 1.54) is 43.6 Å². The Labute approximate surface area is 167 Å². The van der Waals surface area contributed by atoms with E-state index in [-0.39, 0.29) is 0 Å². The van der Waals surface area contributed by atoms with Crippen molar-refractivity contribution < 1.29 is 4.52 Å². The van der Waals surface area contributed by atoms with Crippen molar-refractivity contribution >= 4 is 5.69 Å². The lowest BCUT2D eigenvalue weighted by molar-refractivity contribution is 0.261. The molecule has 0 N–H and O–H groups in total. The molecule has 0 radical (unpaired) electrons. The molecule has 28 heavy (non-hydrogen) atoms. The normalized spacial score (nSPS) is 14.6. The van der Waals surface area contributed by atoms with Gasteiger partial charge in [-0.3, -0.25) is 4.90 Å². The van der Waals surface area contributed by atoms with Crippen molar-refractivity contribution in [3.8, 4) is 11.4 Å². The van der Waals surface area contributed by atoms with E-state index in [1.54, 1.807) is 0 Å². The molecule has 1 saturated heterocycles. The Morgan fingerprint density at radius 2 is 1.71 bits per heavy atom. The summed E-state index contributed by atoms with van der Waals surface area (Å²) in [5, 5.41) is 4.15. The Balaban J connectivity index is 1.35. The van der Waals surface area contributed by atoms with Gasteiger partial charge in [0.1, 0.15) is 0 Å². The zero-order valence-corrected chi connectivity index (χ0v) is 16.8. The van der Waals surface area contributed by atoms with Gasteiger partial charge in [0, 0.05) is 30.9 Å². The van der Waals surface area contributed by atoms with Crippen LogP contribution < -0.4 is 4.90 Å². The maximum atomic E-state index is 5.47. The molecule has 0 aliphatic carbocycles. The molecular weight excluding hydrogens is 348 g/mol. The smallest absolute Gasteiger partial charge is 0.241 e. The van der Waals surface area contributed by atoms with Gasteiger partial charge >= 0.3 is 0 Å². The number of nitrogens with zero attached hydrogens (tertiary/aromatic N) is 4. The molecule has 1 aliphatic rings. The quantitative estimate of drug-likeness (QED) is 0.626. The Hall–Kier alpha value is -2.66. The fourth-order valence-electron chi connectivity index (χ4n) is 3.82. The molecule has 2 heterocycles. The van der Waals surface area contributed by atoms with Crippen LogP contribution in [0.15, 0.2) is 53.1 Å². The first-order chi connectivity index (χ1) is 13.7. The standard InChI is InChI=1S/C23H28N4O/c1-18-8-4-5-9-21(18)23-24-22(28-25-23)17-26(2)16-19-10-12-20(13-11-19)27-14-6-3-7-15-27/h4-5,8-13H,3,6-7,14-17H2,1-2H3. The van der Waals surface area contributed by atoms with E-state index in [2.05, 4.69) is 64.2 Å². The highest BCUT2D eigenvalue weighted by Crippen LogP contribution is 2.22. The molecule has 1 aliphatic heterocycles. The van der Waals surface area contributed by atoms with E-state index >= 15 is 0 Å². The van der Waals surface area contributed by atoms with Crippen molar-refractivity contribution in [3.05, 3.63) is 65.5 Å². The fourth-order valence-corrected chi connectivity index (χ4v) is 3.82. The van der Waals surface area contributed by atoms with Gasteiger partial charge in [0.2, 0.25) is 11.7 Å². The van der Waals surface area contributed by atoms with E-state index in [9.17, 15) is 0 Å². The number of aryl methyl sites for hydroxylation is 1. The van der Waals surface area contributed by atoms with Gasteiger partial charge in [0.25, 0.3) is 0 Å². The predicted molar refractivity (Wildman–Crippen MR) is 112 cm³/mol. The minimum Gasteiger partial charge on any atom is -0.372 e. The van der Waals surface area contributed by atoms with E-state index in [4.69, 9.17) is 4.52 Å². The van der Waals surface area contributed by atoms with Gasteiger partial charge < -0.3 is 9.42 Å². The van der Waals surface area contributed by atoms with Gasteiger partial charge in [0.05, 0.1) is 6.54 Å². The van der Waals surface area contributed by atoms with Crippen molar-refractivity contribution in [2.24, 2.45) is 0 Å². The minimum absolute atomic E-state index is 0.632. The molecule has 4 rings (SSSR count). The first-order valence-corrected chi connectivity index (χ1v) is 10.1. The first kappa shape index (κ1) is 18.7. The van der Waals surface area contributed by atoms with Crippen LogP contribution in [0, 0.1) is 6.92 Å². The molecule has 0 atom stereocenters. The third-order valence-corrected chi connectivity index (χ3v) is 5.37. The number of piperidine rings is 1. The van der Waals surface area contributed by atoms with Crippen LogP contribution >= 0.6 is 0 Å². The Kier molecular flexibility index (Phi) is 5.72. The summed E-state index contributed by atoms with van der Waals surface area (Å²) < 4.78 is 5.47. The van der Waals surface area contributed by atoms with E-state index in [0.717, 1.165) is 17.7 Å². The van der Waals surface area contributed by atoms with Crippen LogP contribution in [0.3, 0.4) is 0 Å². The number of anilines is 1. The van der Waals surface area contributed by atoms with Gasteiger partial charge in [-0.05, 0) is 56.5 Å². The number of benzene rings is 2. The van der Waals surface area contributed by atoms with Crippen LogP contribution in [0.1, 0.15) is 36.3 Å². The van der Waals surface area contributed by atoms with Crippen molar-refractivity contribution in [2.75, 3.05) is 25.0 Å². The van der Waals surface area contributed by atoms with Crippen LogP contribution in [0.4, 0.5) is 5.69 Å². The van der Waals surface area contributed by atoms with Crippen LogP contribution in [-0.2, 0) is 13.1 Å². The summed E-state index contributed by atoms with van der Waals surface area (Å²) in [7, 11) is 2.08. The average molecular weight is 377 g/mol. The third-order valence-electron chi connectivity index (χ3n) is 5.37. The average Bonchev–Trinajstić information content (AvgIpc) is 3.17. The van der Waals surface area contributed by atoms with Crippen molar-refractivity contribution in [3.63, 3.8) is 0 Å². The van der Waals surface area contributed by atoms with E-state index in [0.29, 0.717) is 18.3 Å². The van der Waals surface area contributed by atoms with Crippen molar-refractivity contribution in [2.45, 2.75) is 39.3 Å². The minimum atomic E-state index is 0.632. The molecule has 0 spiro atoms. The highest BCUT2D eigenvalue weighted by atomic mass is 16.5. The molecule has 1 aromatic heterocycles. The summed E-state index contributed by atoms with van der Waals surface area (Å²) in [4.78, 5) is 9.26. The van der Waals surface area contributed by atoms with Crippen LogP contribution in [0.25, 0.3) is 11.4 Å². The topological polar surface area (TPSA) is 45.4 Å². The summed E-state index contributed by atoms with van der Waals surface area (Å²) in [5.74, 6) is 1.30. The second-order valence-electron chi connectivity index (χ2n) is 7.71. The lowest BCUT2D eigenvalue weighted by Gasteiger charge is -2.29. The SMILES string of the molecule is Cc1ccccc1-c1noc(CN(C)Cc2ccc(N3CCCCC3)cc2)n1. The summed E-state index contributed by atoms with van der Waals surface area (Å²) in [6.45, 7) is 5.90. The summed E-state index contributed by atoms with van der Waals surface area (Å²) in [6.07, 6.45) is 3.97. The van der Waals surface area contributed by atoms with Gasteiger partial charge in [-0.25, -0.2) is 0 Å². The van der Waals surface area contributed by atoms with Crippen LogP contribution in [0.2, 0.25) is 0 Å². The van der Waals surface area contributed by atoms with Crippen molar-refractivity contribution in [1.29, 1.82) is 0 Å². The van der Waals surface area contributed by atoms with Gasteiger partial charge in [-0.15, -0.1) is 0 Å². The monoisotopic (exact) mass is 376 g/mol. The molecule has 0 amide bonds. The Bertz CT molecular complexity index is 897. The third kappa shape index (κ3) is 4.42. The van der Waals surface area contributed by atoms with Crippen LogP contribution in [0.5, 0.6) is 0 Å². The number of hydrogen-bond donors (Lipinski definition) is 0. The molecule has 0 unspecified atom stereocenters. The number of rotatable bonds is 6. The van der Waals surface area contributed by atoms with Gasteiger partial charge in [-0.2, -0.15) is 4.98 Å². The molecular formula is C23H28N4O. The highest BCUT2D eigenvalue weighted by Gasteiger charge is 2.13. The second kappa shape index (κ2) is 8.57. The molecule has 5 heteroatoms. The highest BCUT2D eigenvalue weighted by molar-refractivity contribution is 5.58. The summed E-state index contributed by atoms with van der Waals surface area (Å²) >= 11 is 0. The van der Waals surface area contributed by atoms with E-state index < -0.39 is 0 Å². The van der Waals surface area contributed by atoms with Crippen LogP contribution in [-0.4, -0.2) is 35.2 Å². The second-order valence-corrected chi connectivity index (χ2v) is 7.71. The zero-order chi connectivity index (χ0) is 19.3. The number of aromatic nitrogens is 2. The Morgan fingerprint density at radius 3 is 2.46 bits per heavy atom. The molecule has 0 bridgehead atoms.